The lowest BCUT2D eigenvalue weighted by atomic mass is 10.2. The van der Waals surface area contributed by atoms with Crippen LogP contribution in [0.5, 0.6) is 5.75 Å². The molecule has 5 nitrogen and oxygen atoms in total. The Morgan fingerprint density at radius 2 is 1.96 bits per heavy atom. The molecule has 0 bridgehead atoms. The maximum absolute atomic E-state index is 13.8. The third-order valence-electron chi connectivity index (χ3n) is 3.83. The quantitative estimate of drug-likeness (QED) is 0.731. The fourth-order valence-electron chi connectivity index (χ4n) is 2.55. The summed E-state index contributed by atoms with van der Waals surface area (Å²) in [6, 6.07) is 12.4. The SMILES string of the molecule is COc1ccc(CN(C)C(=O)c2cc(=O)c3ccccc3o2)cc1F. The summed E-state index contributed by atoms with van der Waals surface area (Å²) < 4.78 is 24.2. The van der Waals surface area contributed by atoms with Crippen molar-refractivity contribution in [1.82, 2.24) is 4.90 Å². The summed E-state index contributed by atoms with van der Waals surface area (Å²) in [7, 11) is 2.94. The van der Waals surface area contributed by atoms with Gasteiger partial charge >= 0.3 is 0 Å². The highest BCUT2D eigenvalue weighted by Crippen LogP contribution is 2.19. The summed E-state index contributed by atoms with van der Waals surface area (Å²) in [5.41, 5.74) is 0.661. The maximum Gasteiger partial charge on any atom is 0.289 e. The maximum atomic E-state index is 13.8. The average molecular weight is 341 g/mol. The van der Waals surface area contributed by atoms with Crippen LogP contribution in [0.2, 0.25) is 0 Å². The van der Waals surface area contributed by atoms with Crippen LogP contribution in [-0.4, -0.2) is 25.0 Å². The van der Waals surface area contributed by atoms with Crippen LogP contribution >= 0.6 is 0 Å². The molecule has 0 radical (unpaired) electrons. The number of carbonyl (C=O) groups excluding carboxylic acids is 1. The third-order valence-corrected chi connectivity index (χ3v) is 3.83. The molecule has 3 rings (SSSR count). The number of para-hydroxylation sites is 1. The number of carbonyl (C=O) groups is 1. The second-order valence-electron chi connectivity index (χ2n) is 5.60. The zero-order chi connectivity index (χ0) is 18.0. The molecule has 2 aromatic carbocycles. The monoisotopic (exact) mass is 341 g/mol. The number of nitrogens with zero attached hydrogens (tertiary/aromatic N) is 1. The summed E-state index contributed by atoms with van der Waals surface area (Å²) in [5.74, 6) is -0.879. The molecule has 0 fully saturated rings. The predicted octanol–water partition coefficient (Wildman–Crippen LogP) is 3.21. The second kappa shape index (κ2) is 6.76. The van der Waals surface area contributed by atoms with Crippen molar-refractivity contribution in [3.8, 4) is 5.75 Å². The van der Waals surface area contributed by atoms with Gasteiger partial charge in [-0.15, -0.1) is 0 Å². The van der Waals surface area contributed by atoms with Crippen LogP contribution in [0.3, 0.4) is 0 Å². The Hall–Kier alpha value is -3.15. The van der Waals surface area contributed by atoms with E-state index >= 15 is 0 Å². The molecule has 0 aliphatic carbocycles. The minimum atomic E-state index is -0.502. The molecule has 0 unspecified atom stereocenters. The lowest BCUT2D eigenvalue weighted by molar-refractivity contribution is 0.0754. The zero-order valence-corrected chi connectivity index (χ0v) is 13.8. The van der Waals surface area contributed by atoms with E-state index in [1.54, 1.807) is 37.4 Å². The Bertz CT molecular complexity index is 996. The van der Waals surface area contributed by atoms with E-state index in [9.17, 15) is 14.0 Å². The highest BCUT2D eigenvalue weighted by atomic mass is 19.1. The Kier molecular flexibility index (Phi) is 4.52. The summed E-state index contributed by atoms with van der Waals surface area (Å²) in [6.07, 6.45) is 0. The van der Waals surface area contributed by atoms with Gasteiger partial charge in [0.25, 0.3) is 5.91 Å². The molecule has 1 heterocycles. The van der Waals surface area contributed by atoms with Crippen molar-refractivity contribution in [3.63, 3.8) is 0 Å². The standard InChI is InChI=1S/C19H16FNO4/c1-21(11-12-7-8-17(24-2)14(20)9-12)19(23)18-10-15(22)13-5-3-4-6-16(13)25-18/h3-10H,11H2,1-2H3. The number of methoxy groups -OCH3 is 1. The van der Waals surface area contributed by atoms with Crippen LogP contribution in [0.1, 0.15) is 16.1 Å². The molecule has 0 aliphatic rings. The molecule has 0 aliphatic heterocycles. The Labute approximate surface area is 143 Å². The van der Waals surface area contributed by atoms with Crippen molar-refractivity contribution >= 4 is 16.9 Å². The van der Waals surface area contributed by atoms with Crippen molar-refractivity contribution in [2.75, 3.05) is 14.2 Å². The van der Waals surface area contributed by atoms with Crippen molar-refractivity contribution in [1.29, 1.82) is 0 Å². The van der Waals surface area contributed by atoms with Crippen LogP contribution in [-0.2, 0) is 6.54 Å². The number of fused-ring (bicyclic) bond motifs is 1. The number of halogens is 1. The highest BCUT2D eigenvalue weighted by Gasteiger charge is 2.17. The van der Waals surface area contributed by atoms with Crippen molar-refractivity contribution < 1.29 is 18.3 Å². The molecule has 0 N–H and O–H groups in total. The molecule has 0 saturated heterocycles. The number of hydrogen-bond donors (Lipinski definition) is 0. The number of ether oxygens (including phenoxy) is 1. The first-order valence-electron chi connectivity index (χ1n) is 7.60. The van der Waals surface area contributed by atoms with Crippen LogP contribution in [0, 0.1) is 5.82 Å². The largest absolute Gasteiger partial charge is 0.494 e. The van der Waals surface area contributed by atoms with E-state index in [0.29, 0.717) is 16.5 Å². The molecular weight excluding hydrogens is 325 g/mol. The van der Waals surface area contributed by atoms with E-state index in [0.717, 1.165) is 0 Å². The highest BCUT2D eigenvalue weighted by molar-refractivity contribution is 5.93. The summed E-state index contributed by atoms with van der Waals surface area (Å²) in [4.78, 5) is 26.0. The third kappa shape index (κ3) is 3.38. The fraction of sp³-hybridized carbons (Fsp3) is 0.158. The lowest BCUT2D eigenvalue weighted by Gasteiger charge is -2.17. The minimum absolute atomic E-state index is 0.0554. The summed E-state index contributed by atoms with van der Waals surface area (Å²) in [5, 5.41) is 0.416. The van der Waals surface area contributed by atoms with E-state index in [-0.39, 0.29) is 23.5 Å². The molecule has 0 saturated carbocycles. The molecule has 3 aromatic rings. The van der Waals surface area contributed by atoms with E-state index in [4.69, 9.17) is 9.15 Å². The van der Waals surface area contributed by atoms with Gasteiger partial charge in [-0.3, -0.25) is 9.59 Å². The van der Waals surface area contributed by atoms with Gasteiger partial charge in [-0.05, 0) is 29.8 Å². The first kappa shape index (κ1) is 16.7. The van der Waals surface area contributed by atoms with Gasteiger partial charge in [-0.1, -0.05) is 18.2 Å². The van der Waals surface area contributed by atoms with Gasteiger partial charge in [0.05, 0.1) is 12.5 Å². The van der Waals surface area contributed by atoms with Crippen LogP contribution in [0.25, 0.3) is 11.0 Å². The number of rotatable bonds is 4. The number of amides is 1. The summed E-state index contributed by atoms with van der Waals surface area (Å²) in [6.45, 7) is 0.163. The zero-order valence-electron chi connectivity index (χ0n) is 13.8. The Morgan fingerprint density at radius 1 is 1.20 bits per heavy atom. The molecule has 0 spiro atoms. The van der Waals surface area contributed by atoms with Gasteiger partial charge in [0.1, 0.15) is 5.58 Å². The molecule has 25 heavy (non-hydrogen) atoms. The van der Waals surface area contributed by atoms with Crippen LogP contribution < -0.4 is 10.2 Å². The van der Waals surface area contributed by atoms with E-state index in [1.165, 1.54) is 30.2 Å². The molecule has 1 aromatic heterocycles. The lowest BCUT2D eigenvalue weighted by Crippen LogP contribution is -2.27. The second-order valence-corrected chi connectivity index (χ2v) is 5.60. The smallest absolute Gasteiger partial charge is 0.289 e. The van der Waals surface area contributed by atoms with Gasteiger partial charge in [-0.25, -0.2) is 4.39 Å². The molecule has 6 heteroatoms. The van der Waals surface area contributed by atoms with Crippen LogP contribution in [0.15, 0.2) is 57.7 Å². The van der Waals surface area contributed by atoms with Crippen molar-refractivity contribution in [3.05, 3.63) is 75.9 Å². The van der Waals surface area contributed by atoms with Gasteiger partial charge in [-0.2, -0.15) is 0 Å². The van der Waals surface area contributed by atoms with Crippen LogP contribution in [0.4, 0.5) is 4.39 Å². The topological polar surface area (TPSA) is 59.8 Å². The first-order valence-corrected chi connectivity index (χ1v) is 7.60. The Balaban J connectivity index is 1.85. The number of benzene rings is 2. The molecule has 0 atom stereocenters. The van der Waals surface area contributed by atoms with Gasteiger partial charge in [0, 0.05) is 19.7 Å². The molecular formula is C19H16FNO4. The average Bonchev–Trinajstić information content (AvgIpc) is 2.61. The van der Waals surface area contributed by atoms with Gasteiger partial charge in [0.2, 0.25) is 0 Å². The normalized spacial score (nSPS) is 10.7. The van der Waals surface area contributed by atoms with E-state index < -0.39 is 11.7 Å². The van der Waals surface area contributed by atoms with Gasteiger partial charge in [0.15, 0.2) is 22.8 Å². The van der Waals surface area contributed by atoms with E-state index in [2.05, 4.69) is 0 Å². The first-order chi connectivity index (χ1) is 12.0. The Morgan fingerprint density at radius 3 is 2.68 bits per heavy atom. The minimum Gasteiger partial charge on any atom is -0.494 e. The predicted molar refractivity (Wildman–Crippen MR) is 91.2 cm³/mol. The summed E-state index contributed by atoms with van der Waals surface area (Å²) >= 11 is 0. The molecule has 128 valence electrons. The fourth-order valence-corrected chi connectivity index (χ4v) is 2.55. The molecule has 1 amide bonds. The van der Waals surface area contributed by atoms with E-state index in [1.807, 2.05) is 0 Å². The van der Waals surface area contributed by atoms with Crippen molar-refractivity contribution in [2.45, 2.75) is 6.54 Å². The van der Waals surface area contributed by atoms with Crippen molar-refractivity contribution in [2.24, 2.45) is 0 Å². The number of hydrogen-bond acceptors (Lipinski definition) is 4. The van der Waals surface area contributed by atoms with Gasteiger partial charge < -0.3 is 14.1 Å².